The molecule has 0 radical (unpaired) electrons. The molecule has 0 bridgehead atoms. The van der Waals surface area contributed by atoms with E-state index in [1.54, 1.807) is 14.0 Å². The van der Waals surface area contributed by atoms with Gasteiger partial charge in [-0.15, -0.1) is 0 Å². The number of likely N-dealkylation sites (N-methyl/N-ethyl adjacent to an activating group) is 1. The van der Waals surface area contributed by atoms with E-state index in [1.807, 2.05) is 49.9 Å². The van der Waals surface area contributed by atoms with Gasteiger partial charge < -0.3 is 20.3 Å². The van der Waals surface area contributed by atoms with E-state index in [4.69, 9.17) is 4.74 Å². The molecule has 0 aliphatic carbocycles. The van der Waals surface area contributed by atoms with Crippen molar-refractivity contribution in [1.82, 2.24) is 25.3 Å². The summed E-state index contributed by atoms with van der Waals surface area (Å²) in [6.07, 6.45) is 0. The SMILES string of the molecule is CCOC(=O)C1=C(CN2CCN(C(=O)NC(C)C)C(C)C2)N(C)C(=O)NC1c1ccc(C(C)C)cc1. The summed E-state index contributed by atoms with van der Waals surface area (Å²) >= 11 is 0. The molecule has 2 unspecified atom stereocenters. The lowest BCUT2D eigenvalue weighted by Gasteiger charge is -2.42. The number of piperazine rings is 1. The first-order valence-corrected chi connectivity index (χ1v) is 12.9. The minimum absolute atomic E-state index is 0.00811. The zero-order chi connectivity index (χ0) is 26.6. The van der Waals surface area contributed by atoms with Gasteiger partial charge >= 0.3 is 18.0 Å². The summed E-state index contributed by atoms with van der Waals surface area (Å²) in [5.41, 5.74) is 3.10. The number of urea groups is 2. The Labute approximate surface area is 214 Å². The number of nitrogens with zero attached hydrogens (tertiary/aromatic N) is 3. The molecule has 9 nitrogen and oxygen atoms in total. The largest absolute Gasteiger partial charge is 0.463 e. The van der Waals surface area contributed by atoms with Gasteiger partial charge in [0, 0.05) is 51.0 Å². The maximum absolute atomic E-state index is 13.2. The molecular weight excluding hydrogens is 458 g/mol. The standard InChI is InChI=1S/C27H41N5O4/c1-8-36-25(33)23-22(16-31-13-14-32(19(6)15-31)27(35)28-18(4)5)30(7)26(34)29-24(23)21-11-9-20(10-12-21)17(2)3/h9-12,17-19,24H,8,13-16H2,1-7H3,(H,28,35)(H,29,34). The van der Waals surface area contributed by atoms with Gasteiger partial charge in [0.2, 0.25) is 0 Å². The molecule has 2 aliphatic heterocycles. The minimum Gasteiger partial charge on any atom is -0.463 e. The van der Waals surface area contributed by atoms with Crippen LogP contribution in [-0.2, 0) is 9.53 Å². The summed E-state index contributed by atoms with van der Waals surface area (Å²) in [6, 6.07) is 7.15. The second-order valence-corrected chi connectivity index (χ2v) is 10.2. The molecule has 2 N–H and O–H groups in total. The van der Waals surface area contributed by atoms with Gasteiger partial charge in [0.15, 0.2) is 0 Å². The third kappa shape index (κ3) is 6.19. The number of carbonyl (C=O) groups excluding carboxylic acids is 3. The summed E-state index contributed by atoms with van der Waals surface area (Å²) < 4.78 is 5.45. The lowest BCUT2D eigenvalue weighted by molar-refractivity contribution is -0.139. The normalized spacial score (nSPS) is 21.2. The average Bonchev–Trinajstić information content (AvgIpc) is 2.81. The molecule has 1 saturated heterocycles. The third-order valence-electron chi connectivity index (χ3n) is 6.77. The summed E-state index contributed by atoms with van der Waals surface area (Å²) in [5.74, 6) is -0.0506. The number of hydrogen-bond acceptors (Lipinski definition) is 5. The summed E-state index contributed by atoms with van der Waals surface area (Å²) in [4.78, 5) is 44.3. The fourth-order valence-electron chi connectivity index (χ4n) is 4.74. The van der Waals surface area contributed by atoms with E-state index in [-0.39, 0.29) is 30.8 Å². The predicted octanol–water partition coefficient (Wildman–Crippen LogP) is 3.45. The van der Waals surface area contributed by atoms with Crippen molar-refractivity contribution in [3.8, 4) is 0 Å². The first-order valence-electron chi connectivity index (χ1n) is 12.9. The smallest absolute Gasteiger partial charge is 0.338 e. The number of amides is 4. The molecule has 2 atom stereocenters. The predicted molar refractivity (Wildman–Crippen MR) is 140 cm³/mol. The van der Waals surface area contributed by atoms with Crippen LogP contribution in [0.15, 0.2) is 35.5 Å². The van der Waals surface area contributed by atoms with Crippen LogP contribution in [0.5, 0.6) is 0 Å². The fraction of sp³-hybridized carbons (Fsp3) is 0.593. The van der Waals surface area contributed by atoms with Crippen LogP contribution in [0.4, 0.5) is 9.59 Å². The molecule has 1 fully saturated rings. The second-order valence-electron chi connectivity index (χ2n) is 10.2. The number of carbonyl (C=O) groups is 3. The van der Waals surface area contributed by atoms with Crippen LogP contribution in [0.1, 0.15) is 64.6 Å². The topological polar surface area (TPSA) is 94.2 Å². The highest BCUT2D eigenvalue weighted by Gasteiger charge is 2.38. The molecule has 3 rings (SSSR count). The van der Waals surface area contributed by atoms with E-state index in [1.165, 1.54) is 10.5 Å². The maximum atomic E-state index is 13.2. The Bertz CT molecular complexity index is 988. The highest BCUT2D eigenvalue weighted by Crippen LogP contribution is 2.32. The van der Waals surface area contributed by atoms with Crippen molar-refractivity contribution in [3.05, 3.63) is 46.7 Å². The molecule has 4 amide bonds. The fourth-order valence-corrected chi connectivity index (χ4v) is 4.74. The van der Waals surface area contributed by atoms with Crippen LogP contribution in [0, 0.1) is 0 Å². The van der Waals surface area contributed by atoms with Gasteiger partial charge in [-0.2, -0.15) is 0 Å². The molecule has 0 aromatic heterocycles. The molecule has 2 heterocycles. The van der Waals surface area contributed by atoms with Crippen LogP contribution in [0.2, 0.25) is 0 Å². The van der Waals surface area contributed by atoms with Crippen molar-refractivity contribution in [1.29, 1.82) is 0 Å². The van der Waals surface area contributed by atoms with Gasteiger partial charge in [0.1, 0.15) is 0 Å². The summed E-state index contributed by atoms with van der Waals surface area (Å²) in [7, 11) is 1.68. The number of nitrogens with one attached hydrogen (secondary N) is 2. The Morgan fingerprint density at radius 3 is 2.36 bits per heavy atom. The lowest BCUT2D eigenvalue weighted by atomic mass is 9.92. The van der Waals surface area contributed by atoms with Crippen molar-refractivity contribution in [3.63, 3.8) is 0 Å². The first-order chi connectivity index (χ1) is 17.0. The molecule has 1 aromatic carbocycles. The van der Waals surface area contributed by atoms with Crippen molar-refractivity contribution in [2.24, 2.45) is 0 Å². The van der Waals surface area contributed by atoms with E-state index in [9.17, 15) is 14.4 Å². The molecular formula is C27H41N5O4. The monoisotopic (exact) mass is 499 g/mol. The van der Waals surface area contributed by atoms with Crippen molar-refractivity contribution >= 4 is 18.0 Å². The molecule has 9 heteroatoms. The van der Waals surface area contributed by atoms with E-state index >= 15 is 0 Å². The zero-order valence-corrected chi connectivity index (χ0v) is 22.6. The van der Waals surface area contributed by atoms with Crippen LogP contribution in [-0.4, -0.2) is 84.6 Å². The molecule has 36 heavy (non-hydrogen) atoms. The molecule has 198 valence electrons. The maximum Gasteiger partial charge on any atom is 0.338 e. The number of hydrogen-bond donors (Lipinski definition) is 2. The third-order valence-corrected chi connectivity index (χ3v) is 6.77. The van der Waals surface area contributed by atoms with Crippen molar-refractivity contribution in [2.45, 2.75) is 65.6 Å². The highest BCUT2D eigenvalue weighted by atomic mass is 16.5. The van der Waals surface area contributed by atoms with E-state index in [2.05, 4.69) is 29.4 Å². The lowest BCUT2D eigenvalue weighted by Crippen LogP contribution is -2.58. The van der Waals surface area contributed by atoms with E-state index in [0.29, 0.717) is 43.4 Å². The van der Waals surface area contributed by atoms with E-state index < -0.39 is 12.0 Å². The van der Waals surface area contributed by atoms with Crippen molar-refractivity contribution < 1.29 is 19.1 Å². The quantitative estimate of drug-likeness (QED) is 0.561. The number of rotatable bonds is 7. The van der Waals surface area contributed by atoms with Crippen LogP contribution < -0.4 is 10.6 Å². The van der Waals surface area contributed by atoms with Gasteiger partial charge in [0.25, 0.3) is 0 Å². The van der Waals surface area contributed by atoms with E-state index in [0.717, 1.165) is 5.56 Å². The second kappa shape index (κ2) is 11.8. The van der Waals surface area contributed by atoms with Crippen LogP contribution >= 0.6 is 0 Å². The van der Waals surface area contributed by atoms with Gasteiger partial charge in [-0.1, -0.05) is 38.1 Å². The minimum atomic E-state index is -0.598. The number of benzene rings is 1. The Morgan fingerprint density at radius 2 is 1.81 bits per heavy atom. The van der Waals surface area contributed by atoms with Crippen molar-refractivity contribution in [2.75, 3.05) is 39.8 Å². The van der Waals surface area contributed by atoms with Crippen LogP contribution in [0.25, 0.3) is 0 Å². The average molecular weight is 500 g/mol. The number of ether oxygens (including phenoxy) is 1. The van der Waals surface area contributed by atoms with Gasteiger partial charge in [-0.25, -0.2) is 14.4 Å². The zero-order valence-electron chi connectivity index (χ0n) is 22.6. The Hall–Kier alpha value is -3.07. The highest BCUT2D eigenvalue weighted by molar-refractivity contribution is 5.95. The van der Waals surface area contributed by atoms with Crippen LogP contribution in [0.3, 0.4) is 0 Å². The van der Waals surface area contributed by atoms with Gasteiger partial charge in [0.05, 0.1) is 18.2 Å². The van der Waals surface area contributed by atoms with Gasteiger partial charge in [-0.3, -0.25) is 9.80 Å². The first kappa shape index (κ1) is 27.5. The summed E-state index contributed by atoms with van der Waals surface area (Å²) in [6.45, 7) is 14.4. The Morgan fingerprint density at radius 1 is 1.14 bits per heavy atom. The molecule has 1 aromatic rings. The Balaban J connectivity index is 1.91. The number of esters is 1. The summed E-state index contributed by atoms with van der Waals surface area (Å²) in [5, 5.41) is 5.94. The van der Waals surface area contributed by atoms with Gasteiger partial charge in [-0.05, 0) is 44.7 Å². The Kier molecular flexibility index (Phi) is 9.00. The molecule has 0 spiro atoms. The molecule has 0 saturated carbocycles. The molecule has 2 aliphatic rings.